The maximum atomic E-state index is 12.2. The van der Waals surface area contributed by atoms with Gasteiger partial charge in [0.2, 0.25) is 0 Å². The van der Waals surface area contributed by atoms with Crippen LogP contribution in [0.5, 0.6) is 0 Å². The molecule has 114 valence electrons. The average Bonchev–Trinajstić information content (AvgIpc) is 3.27. The molecular weight excluding hydrogens is 328 g/mol. The molecule has 0 radical (unpaired) electrons. The number of thiophene rings is 1. The van der Waals surface area contributed by atoms with Crippen LogP contribution in [-0.4, -0.2) is 20.7 Å². The first-order valence-electron chi connectivity index (χ1n) is 6.99. The number of aromatic nitrogens is 3. The number of thiazole rings is 1. The molecular formula is C16H12N4OS2. The third-order valence-corrected chi connectivity index (χ3v) is 5.29. The fraction of sp³-hybridized carbons (Fsp3) is 0.0625. The lowest BCUT2D eigenvalue weighted by Crippen LogP contribution is -2.09. The Labute approximate surface area is 140 Å². The maximum Gasteiger partial charge on any atom is 0.267 e. The van der Waals surface area contributed by atoms with Crippen LogP contribution in [0.3, 0.4) is 0 Å². The molecule has 23 heavy (non-hydrogen) atoms. The molecule has 0 aliphatic rings. The molecule has 0 unspecified atom stereocenters. The first-order valence-corrected chi connectivity index (χ1v) is 8.68. The van der Waals surface area contributed by atoms with Crippen LogP contribution in [0.15, 0.2) is 47.8 Å². The molecule has 4 rings (SSSR count). The van der Waals surface area contributed by atoms with Gasteiger partial charge in [0.1, 0.15) is 0 Å². The monoisotopic (exact) mass is 340 g/mol. The zero-order valence-corrected chi connectivity index (χ0v) is 13.8. The molecule has 0 bridgehead atoms. The normalized spacial score (nSPS) is 11.0. The third-order valence-electron chi connectivity index (χ3n) is 3.35. The maximum absolute atomic E-state index is 12.2. The summed E-state index contributed by atoms with van der Waals surface area (Å²) in [6.07, 6.45) is 0. The van der Waals surface area contributed by atoms with E-state index in [-0.39, 0.29) is 5.91 Å². The van der Waals surface area contributed by atoms with Crippen molar-refractivity contribution in [1.82, 2.24) is 14.8 Å². The van der Waals surface area contributed by atoms with Gasteiger partial charge in [-0.3, -0.25) is 10.1 Å². The van der Waals surface area contributed by atoms with Crippen LogP contribution in [0.4, 0.5) is 5.13 Å². The first-order chi connectivity index (χ1) is 11.2. The molecule has 0 saturated heterocycles. The van der Waals surface area contributed by atoms with E-state index in [0.717, 1.165) is 21.7 Å². The number of carbonyl (C=O) groups excluding carboxylic acids is 1. The zero-order valence-electron chi connectivity index (χ0n) is 12.2. The summed E-state index contributed by atoms with van der Waals surface area (Å²) >= 11 is 2.85. The van der Waals surface area contributed by atoms with Crippen LogP contribution in [-0.2, 0) is 0 Å². The molecule has 0 spiro atoms. The molecule has 3 heterocycles. The average molecular weight is 340 g/mol. The lowest BCUT2D eigenvalue weighted by molar-refractivity contribution is 0.103. The summed E-state index contributed by atoms with van der Waals surface area (Å²) in [6, 6.07) is 13.5. The van der Waals surface area contributed by atoms with E-state index in [1.54, 1.807) is 6.07 Å². The minimum absolute atomic E-state index is 0.131. The lowest BCUT2D eigenvalue weighted by atomic mass is 10.3. The Morgan fingerprint density at radius 3 is 2.74 bits per heavy atom. The van der Waals surface area contributed by atoms with E-state index in [1.807, 2.05) is 53.4 Å². The summed E-state index contributed by atoms with van der Waals surface area (Å²) < 4.78 is 2.79. The summed E-state index contributed by atoms with van der Waals surface area (Å²) in [7, 11) is 0. The van der Waals surface area contributed by atoms with Crippen LogP contribution in [0, 0.1) is 6.92 Å². The highest BCUT2D eigenvalue weighted by molar-refractivity contribution is 7.22. The van der Waals surface area contributed by atoms with Crippen molar-refractivity contribution in [2.45, 2.75) is 6.92 Å². The van der Waals surface area contributed by atoms with Gasteiger partial charge in [-0.15, -0.1) is 11.3 Å². The number of para-hydroxylation sites is 1. The van der Waals surface area contributed by atoms with E-state index < -0.39 is 0 Å². The number of rotatable bonds is 3. The summed E-state index contributed by atoms with van der Waals surface area (Å²) in [4.78, 5) is 17.4. The van der Waals surface area contributed by atoms with E-state index in [9.17, 15) is 4.79 Å². The summed E-state index contributed by atoms with van der Waals surface area (Å²) in [5, 5.41) is 9.87. The second kappa shape index (κ2) is 5.60. The number of aryl methyl sites for hydroxylation is 1. The number of anilines is 1. The van der Waals surface area contributed by atoms with Crippen molar-refractivity contribution in [3.63, 3.8) is 0 Å². The van der Waals surface area contributed by atoms with Crippen molar-refractivity contribution in [2.24, 2.45) is 0 Å². The van der Waals surface area contributed by atoms with Gasteiger partial charge in [-0.2, -0.15) is 10.1 Å². The van der Waals surface area contributed by atoms with Gasteiger partial charge in [0.15, 0.2) is 10.8 Å². The van der Waals surface area contributed by atoms with E-state index in [1.165, 1.54) is 22.7 Å². The Bertz CT molecular complexity index is 971. The lowest BCUT2D eigenvalue weighted by Gasteiger charge is -2.01. The standard InChI is InChI=1S/C16H12N4OS2/c1-10-13-14(20(19-10)11-6-3-2-4-7-11)17-16(23-13)18-15(21)12-8-5-9-22-12/h2-9H,1H3,(H,17,18,21). The molecule has 0 saturated carbocycles. The molecule has 0 atom stereocenters. The Kier molecular flexibility index (Phi) is 3.44. The number of nitrogens with zero attached hydrogens (tertiary/aromatic N) is 3. The molecule has 1 N–H and O–H groups in total. The number of benzene rings is 1. The van der Waals surface area contributed by atoms with Crippen LogP contribution in [0.1, 0.15) is 15.4 Å². The van der Waals surface area contributed by atoms with E-state index in [2.05, 4.69) is 15.4 Å². The fourth-order valence-electron chi connectivity index (χ4n) is 2.30. The van der Waals surface area contributed by atoms with Gasteiger partial charge >= 0.3 is 0 Å². The van der Waals surface area contributed by atoms with E-state index in [4.69, 9.17) is 0 Å². The van der Waals surface area contributed by atoms with Gasteiger partial charge in [0.05, 0.1) is 21.0 Å². The van der Waals surface area contributed by atoms with Gasteiger partial charge in [0, 0.05) is 0 Å². The number of fused-ring (bicyclic) bond motifs is 1. The topological polar surface area (TPSA) is 59.8 Å². The molecule has 5 nitrogen and oxygen atoms in total. The van der Waals surface area contributed by atoms with Crippen LogP contribution < -0.4 is 5.32 Å². The third kappa shape index (κ3) is 2.54. The van der Waals surface area contributed by atoms with Crippen molar-refractivity contribution >= 4 is 44.1 Å². The quantitative estimate of drug-likeness (QED) is 0.611. The molecule has 3 aromatic heterocycles. The van der Waals surface area contributed by atoms with Crippen LogP contribution in [0.25, 0.3) is 16.0 Å². The smallest absolute Gasteiger partial charge is 0.267 e. The fourth-order valence-corrected chi connectivity index (χ4v) is 3.80. The highest BCUT2D eigenvalue weighted by atomic mass is 32.1. The Morgan fingerprint density at radius 1 is 1.17 bits per heavy atom. The number of carbonyl (C=O) groups is 1. The number of amides is 1. The van der Waals surface area contributed by atoms with Crippen molar-refractivity contribution < 1.29 is 4.79 Å². The summed E-state index contributed by atoms with van der Waals surface area (Å²) in [6.45, 7) is 1.95. The minimum Gasteiger partial charge on any atom is -0.297 e. The molecule has 0 aliphatic heterocycles. The molecule has 0 aliphatic carbocycles. The van der Waals surface area contributed by atoms with Crippen molar-refractivity contribution in [3.05, 3.63) is 58.4 Å². The first kappa shape index (κ1) is 14.1. The van der Waals surface area contributed by atoms with Gasteiger partial charge in [-0.1, -0.05) is 35.6 Å². The van der Waals surface area contributed by atoms with Crippen molar-refractivity contribution in [3.8, 4) is 5.69 Å². The second-order valence-electron chi connectivity index (χ2n) is 4.94. The number of hydrogen-bond donors (Lipinski definition) is 1. The van der Waals surface area contributed by atoms with E-state index >= 15 is 0 Å². The zero-order chi connectivity index (χ0) is 15.8. The van der Waals surface area contributed by atoms with Gasteiger partial charge in [0.25, 0.3) is 5.91 Å². The summed E-state index contributed by atoms with van der Waals surface area (Å²) in [5.41, 5.74) is 2.62. The predicted octanol–water partition coefficient (Wildman–Crippen LogP) is 4.10. The molecule has 4 aromatic rings. The van der Waals surface area contributed by atoms with Crippen molar-refractivity contribution in [1.29, 1.82) is 0 Å². The minimum atomic E-state index is -0.131. The molecule has 0 fully saturated rings. The highest BCUT2D eigenvalue weighted by Gasteiger charge is 2.17. The van der Waals surface area contributed by atoms with Gasteiger partial charge in [-0.25, -0.2) is 4.68 Å². The molecule has 1 aromatic carbocycles. The Hall–Kier alpha value is -2.51. The number of nitrogens with one attached hydrogen (secondary N) is 1. The highest BCUT2D eigenvalue weighted by Crippen LogP contribution is 2.30. The Morgan fingerprint density at radius 2 is 2.00 bits per heavy atom. The predicted molar refractivity (Wildman–Crippen MR) is 93.8 cm³/mol. The summed E-state index contributed by atoms with van der Waals surface area (Å²) in [5.74, 6) is -0.131. The second-order valence-corrected chi connectivity index (χ2v) is 6.88. The SMILES string of the molecule is Cc1nn(-c2ccccc2)c2nc(NC(=O)c3cccs3)sc12. The van der Waals surface area contributed by atoms with E-state index in [0.29, 0.717) is 10.0 Å². The van der Waals surface area contributed by atoms with Gasteiger partial charge in [-0.05, 0) is 30.5 Å². The van der Waals surface area contributed by atoms with Crippen LogP contribution in [0.2, 0.25) is 0 Å². The van der Waals surface area contributed by atoms with Crippen LogP contribution >= 0.6 is 22.7 Å². The molecule has 7 heteroatoms. The molecule has 1 amide bonds. The van der Waals surface area contributed by atoms with Crippen molar-refractivity contribution in [2.75, 3.05) is 5.32 Å². The Balaban J connectivity index is 1.72. The number of hydrogen-bond acceptors (Lipinski definition) is 5. The van der Waals surface area contributed by atoms with Gasteiger partial charge < -0.3 is 0 Å². The largest absolute Gasteiger partial charge is 0.297 e.